The quantitative estimate of drug-likeness (QED) is 0.589. The Labute approximate surface area is 197 Å². The number of amides is 3. The van der Waals surface area contributed by atoms with Crippen LogP contribution in [0.15, 0.2) is 66.0 Å². The van der Waals surface area contributed by atoms with Crippen LogP contribution < -0.4 is 10.6 Å². The van der Waals surface area contributed by atoms with Crippen LogP contribution in [-0.2, 0) is 6.54 Å². The SMILES string of the molecule is CN1CCN(C(=O)c2ccc(CNC(=O)c3cccc(NC(=O)c4cccs4)c3)cc2)CC1. The third-order valence-corrected chi connectivity index (χ3v) is 6.44. The number of nitrogens with zero attached hydrogens (tertiary/aromatic N) is 2. The molecule has 2 N–H and O–H groups in total. The average molecular weight is 463 g/mol. The predicted octanol–water partition coefficient (Wildman–Crippen LogP) is 3.32. The highest BCUT2D eigenvalue weighted by Crippen LogP contribution is 2.15. The Morgan fingerprint density at radius 1 is 0.879 bits per heavy atom. The van der Waals surface area contributed by atoms with Gasteiger partial charge < -0.3 is 20.4 Å². The number of carbonyl (C=O) groups is 3. The number of piperazine rings is 1. The lowest BCUT2D eigenvalue weighted by molar-refractivity contribution is 0.0663. The van der Waals surface area contributed by atoms with Gasteiger partial charge in [-0.15, -0.1) is 11.3 Å². The lowest BCUT2D eigenvalue weighted by Crippen LogP contribution is -2.47. The van der Waals surface area contributed by atoms with Crippen LogP contribution in [-0.4, -0.2) is 60.7 Å². The molecule has 0 radical (unpaired) electrons. The molecule has 8 heteroatoms. The van der Waals surface area contributed by atoms with Crippen LogP contribution in [0, 0.1) is 0 Å². The van der Waals surface area contributed by atoms with Crippen molar-refractivity contribution < 1.29 is 14.4 Å². The van der Waals surface area contributed by atoms with Crippen LogP contribution in [0.1, 0.15) is 36.0 Å². The minimum atomic E-state index is -0.236. The number of anilines is 1. The zero-order chi connectivity index (χ0) is 23.2. The maximum atomic E-state index is 12.7. The summed E-state index contributed by atoms with van der Waals surface area (Å²) in [5.74, 6) is -0.395. The Bertz CT molecular complexity index is 1120. The normalized spacial score (nSPS) is 14.0. The minimum Gasteiger partial charge on any atom is -0.348 e. The summed E-state index contributed by atoms with van der Waals surface area (Å²) in [7, 11) is 2.06. The Morgan fingerprint density at radius 3 is 2.33 bits per heavy atom. The van der Waals surface area contributed by atoms with Gasteiger partial charge in [0.1, 0.15) is 0 Å². The van der Waals surface area contributed by atoms with Gasteiger partial charge in [0.15, 0.2) is 0 Å². The first kappa shape index (κ1) is 22.7. The second-order valence-electron chi connectivity index (χ2n) is 7.99. The molecular weight excluding hydrogens is 436 g/mol. The number of nitrogens with one attached hydrogen (secondary N) is 2. The summed E-state index contributed by atoms with van der Waals surface area (Å²) in [6.07, 6.45) is 0. The molecule has 3 aromatic rings. The third kappa shape index (κ3) is 5.85. The molecule has 4 rings (SSSR count). The van der Waals surface area contributed by atoms with E-state index in [0.29, 0.717) is 28.2 Å². The highest BCUT2D eigenvalue weighted by atomic mass is 32.1. The first-order valence-corrected chi connectivity index (χ1v) is 11.7. The van der Waals surface area contributed by atoms with Gasteiger partial charge in [0.25, 0.3) is 17.7 Å². The van der Waals surface area contributed by atoms with Gasteiger partial charge in [-0.3, -0.25) is 14.4 Å². The van der Waals surface area contributed by atoms with Gasteiger partial charge in [-0.05, 0) is 54.4 Å². The van der Waals surface area contributed by atoms with Gasteiger partial charge in [0.2, 0.25) is 0 Å². The van der Waals surface area contributed by atoms with Gasteiger partial charge in [-0.2, -0.15) is 0 Å². The van der Waals surface area contributed by atoms with E-state index in [1.807, 2.05) is 40.6 Å². The summed E-state index contributed by atoms with van der Waals surface area (Å²) in [5, 5.41) is 7.54. The maximum absolute atomic E-state index is 12.7. The van der Waals surface area contributed by atoms with E-state index in [0.717, 1.165) is 31.7 Å². The van der Waals surface area contributed by atoms with E-state index >= 15 is 0 Å². The van der Waals surface area contributed by atoms with Gasteiger partial charge in [-0.25, -0.2) is 0 Å². The topological polar surface area (TPSA) is 81.8 Å². The van der Waals surface area contributed by atoms with Crippen molar-refractivity contribution in [2.24, 2.45) is 0 Å². The van der Waals surface area contributed by atoms with Gasteiger partial charge in [0.05, 0.1) is 4.88 Å². The smallest absolute Gasteiger partial charge is 0.265 e. The summed E-state index contributed by atoms with van der Waals surface area (Å²) in [6.45, 7) is 3.58. The van der Waals surface area contributed by atoms with Gasteiger partial charge >= 0.3 is 0 Å². The molecule has 2 aromatic carbocycles. The maximum Gasteiger partial charge on any atom is 0.265 e. The number of thiophene rings is 1. The summed E-state index contributed by atoms with van der Waals surface area (Å²) < 4.78 is 0. The fourth-order valence-electron chi connectivity index (χ4n) is 3.58. The molecule has 1 aliphatic rings. The monoisotopic (exact) mass is 462 g/mol. The molecule has 33 heavy (non-hydrogen) atoms. The van der Waals surface area contributed by atoms with Crippen LogP contribution in [0.3, 0.4) is 0 Å². The molecule has 0 unspecified atom stereocenters. The van der Waals surface area contributed by atoms with Crippen molar-refractivity contribution in [2.75, 3.05) is 38.5 Å². The first-order chi connectivity index (χ1) is 16.0. The molecule has 0 spiro atoms. The number of likely N-dealkylation sites (N-methyl/N-ethyl adjacent to an activating group) is 1. The zero-order valence-corrected chi connectivity index (χ0v) is 19.2. The second kappa shape index (κ2) is 10.4. The average Bonchev–Trinajstić information content (AvgIpc) is 3.38. The molecule has 1 fully saturated rings. The fourth-order valence-corrected chi connectivity index (χ4v) is 4.20. The van der Waals surface area contributed by atoms with Crippen molar-refractivity contribution in [3.8, 4) is 0 Å². The summed E-state index contributed by atoms with van der Waals surface area (Å²) in [5.41, 5.74) is 2.58. The van der Waals surface area contributed by atoms with Crippen molar-refractivity contribution in [3.05, 3.63) is 87.6 Å². The molecule has 1 aromatic heterocycles. The number of rotatable bonds is 6. The fraction of sp³-hybridized carbons (Fsp3) is 0.240. The zero-order valence-electron chi connectivity index (χ0n) is 18.4. The molecule has 0 saturated carbocycles. The molecule has 0 bridgehead atoms. The Morgan fingerprint density at radius 2 is 1.64 bits per heavy atom. The number of hydrogen-bond acceptors (Lipinski definition) is 5. The van der Waals surface area contributed by atoms with Crippen LogP contribution in [0.4, 0.5) is 5.69 Å². The van der Waals surface area contributed by atoms with Crippen molar-refractivity contribution >= 4 is 34.7 Å². The number of carbonyl (C=O) groups excluding carboxylic acids is 3. The van der Waals surface area contributed by atoms with E-state index < -0.39 is 0 Å². The molecule has 3 amide bonds. The third-order valence-electron chi connectivity index (χ3n) is 5.57. The second-order valence-corrected chi connectivity index (χ2v) is 8.94. The molecule has 2 heterocycles. The summed E-state index contributed by atoms with van der Waals surface area (Å²) in [6, 6.07) is 17.7. The molecule has 1 aliphatic heterocycles. The molecule has 1 saturated heterocycles. The molecular formula is C25H26N4O3S. The van der Waals surface area contributed by atoms with Crippen LogP contribution in [0.25, 0.3) is 0 Å². The highest BCUT2D eigenvalue weighted by Gasteiger charge is 2.20. The van der Waals surface area contributed by atoms with E-state index in [9.17, 15) is 14.4 Å². The summed E-state index contributed by atoms with van der Waals surface area (Å²) in [4.78, 5) is 42.2. The molecule has 0 atom stereocenters. The number of hydrogen-bond donors (Lipinski definition) is 2. The van der Waals surface area contributed by atoms with E-state index in [1.54, 1.807) is 30.3 Å². The van der Waals surface area contributed by atoms with Crippen molar-refractivity contribution in [1.82, 2.24) is 15.1 Å². The standard InChI is InChI=1S/C25H26N4O3S/c1-28-11-13-29(14-12-28)25(32)19-9-7-18(8-10-19)17-26-23(30)20-4-2-5-21(16-20)27-24(31)22-6-3-15-33-22/h2-10,15-16H,11-14,17H2,1H3,(H,26,30)(H,27,31). The van der Waals surface area contributed by atoms with E-state index in [4.69, 9.17) is 0 Å². The number of benzene rings is 2. The molecule has 0 aliphatic carbocycles. The molecule has 170 valence electrons. The van der Waals surface area contributed by atoms with Crippen LogP contribution in [0.2, 0.25) is 0 Å². The van der Waals surface area contributed by atoms with Crippen LogP contribution >= 0.6 is 11.3 Å². The first-order valence-electron chi connectivity index (χ1n) is 10.8. The lowest BCUT2D eigenvalue weighted by atomic mass is 10.1. The molecule has 7 nitrogen and oxygen atoms in total. The largest absolute Gasteiger partial charge is 0.348 e. The lowest BCUT2D eigenvalue weighted by Gasteiger charge is -2.32. The van der Waals surface area contributed by atoms with Crippen molar-refractivity contribution in [3.63, 3.8) is 0 Å². The Kier molecular flexibility index (Phi) is 7.16. The Balaban J connectivity index is 1.31. The van der Waals surface area contributed by atoms with Crippen molar-refractivity contribution in [1.29, 1.82) is 0 Å². The van der Waals surface area contributed by atoms with E-state index in [2.05, 4.69) is 22.6 Å². The highest BCUT2D eigenvalue weighted by molar-refractivity contribution is 7.12. The summed E-state index contributed by atoms with van der Waals surface area (Å²) >= 11 is 1.36. The Hall–Kier alpha value is -3.49. The van der Waals surface area contributed by atoms with Gasteiger partial charge in [-0.1, -0.05) is 24.3 Å². The van der Waals surface area contributed by atoms with E-state index in [1.165, 1.54) is 11.3 Å². The minimum absolute atomic E-state index is 0.0418. The van der Waals surface area contributed by atoms with Gasteiger partial charge in [0, 0.05) is 49.5 Å². The van der Waals surface area contributed by atoms with E-state index in [-0.39, 0.29) is 17.7 Å². The van der Waals surface area contributed by atoms with Crippen LogP contribution in [0.5, 0.6) is 0 Å². The predicted molar refractivity (Wildman–Crippen MR) is 130 cm³/mol. The van der Waals surface area contributed by atoms with Crippen molar-refractivity contribution in [2.45, 2.75) is 6.54 Å².